The van der Waals surface area contributed by atoms with Crippen LogP contribution in [0.5, 0.6) is 0 Å². The maximum atomic E-state index is 11.9. The Bertz CT molecular complexity index is 273. The zero-order valence-corrected chi connectivity index (χ0v) is 9.87. The molecule has 0 spiro atoms. The number of hydrogen-bond donors (Lipinski definition) is 0. The highest BCUT2D eigenvalue weighted by atomic mass is 16.6. The van der Waals surface area contributed by atoms with E-state index in [1.54, 1.807) is 0 Å². The Morgan fingerprint density at radius 1 is 1.60 bits per heavy atom. The topological polar surface area (TPSA) is 46.6 Å². The molecular formula is C11H19NO3. The highest BCUT2D eigenvalue weighted by Gasteiger charge is 2.43. The minimum atomic E-state index is -0.506. The van der Waals surface area contributed by atoms with Crippen molar-refractivity contribution < 1.29 is 14.3 Å². The van der Waals surface area contributed by atoms with E-state index < -0.39 is 11.6 Å². The third-order valence-corrected chi connectivity index (χ3v) is 2.81. The Labute approximate surface area is 90.6 Å². The zero-order valence-electron chi connectivity index (χ0n) is 9.87. The van der Waals surface area contributed by atoms with Crippen molar-refractivity contribution in [2.45, 2.75) is 46.1 Å². The van der Waals surface area contributed by atoms with Gasteiger partial charge in [0.2, 0.25) is 5.91 Å². The van der Waals surface area contributed by atoms with Gasteiger partial charge in [0.15, 0.2) is 0 Å². The van der Waals surface area contributed by atoms with Crippen LogP contribution in [-0.2, 0) is 9.53 Å². The molecule has 0 N–H and O–H groups in total. The molecule has 0 unspecified atom stereocenters. The Balaban J connectivity index is 2.69. The smallest absolute Gasteiger partial charge is 0.417 e. The van der Waals surface area contributed by atoms with Crippen LogP contribution < -0.4 is 0 Å². The molecule has 0 aliphatic carbocycles. The summed E-state index contributed by atoms with van der Waals surface area (Å²) in [5.41, 5.74) is -0.498. The van der Waals surface area contributed by atoms with Crippen LogP contribution in [-0.4, -0.2) is 29.0 Å². The van der Waals surface area contributed by atoms with Gasteiger partial charge in [0, 0.05) is 6.42 Å². The summed E-state index contributed by atoms with van der Waals surface area (Å²) in [6, 6.07) is 0. The predicted octanol–water partition coefficient (Wildman–Crippen LogP) is 2.18. The van der Waals surface area contributed by atoms with Crippen molar-refractivity contribution >= 4 is 12.0 Å². The van der Waals surface area contributed by atoms with Gasteiger partial charge >= 0.3 is 6.09 Å². The lowest BCUT2D eigenvalue weighted by atomic mass is 10.0. The zero-order chi connectivity index (χ0) is 11.6. The normalized spacial score (nSPS) is 21.3. The van der Waals surface area contributed by atoms with E-state index in [9.17, 15) is 9.59 Å². The van der Waals surface area contributed by atoms with E-state index in [0.717, 1.165) is 6.42 Å². The molecule has 0 aromatic rings. The number of ether oxygens (including phenoxy) is 1. The molecule has 4 nitrogen and oxygen atoms in total. The van der Waals surface area contributed by atoms with Gasteiger partial charge in [0.25, 0.3) is 0 Å². The first-order valence-electron chi connectivity index (χ1n) is 5.38. The monoisotopic (exact) mass is 213 g/mol. The number of imide groups is 1. The minimum absolute atomic E-state index is 0.128. The predicted molar refractivity (Wildman–Crippen MR) is 56.3 cm³/mol. The van der Waals surface area contributed by atoms with E-state index in [0.29, 0.717) is 12.3 Å². The summed E-state index contributed by atoms with van der Waals surface area (Å²) in [6.45, 7) is 8.01. The molecule has 0 aromatic carbocycles. The van der Waals surface area contributed by atoms with Gasteiger partial charge in [-0.05, 0) is 19.8 Å². The molecule has 0 saturated carbocycles. The summed E-state index contributed by atoms with van der Waals surface area (Å²) in [7, 11) is 0. The van der Waals surface area contributed by atoms with E-state index >= 15 is 0 Å². The van der Waals surface area contributed by atoms with Crippen molar-refractivity contribution in [2.75, 3.05) is 6.61 Å². The second-order valence-electron chi connectivity index (χ2n) is 4.81. The number of hydrogen-bond acceptors (Lipinski definition) is 3. The number of nitrogens with zero attached hydrogens (tertiary/aromatic N) is 1. The minimum Gasteiger partial charge on any atom is -0.447 e. The maximum Gasteiger partial charge on any atom is 0.417 e. The van der Waals surface area contributed by atoms with Crippen molar-refractivity contribution in [2.24, 2.45) is 5.92 Å². The average molecular weight is 213 g/mol. The molecule has 86 valence electrons. The maximum absolute atomic E-state index is 11.9. The van der Waals surface area contributed by atoms with Crippen LogP contribution >= 0.6 is 0 Å². The van der Waals surface area contributed by atoms with E-state index in [4.69, 9.17) is 4.74 Å². The number of carbonyl (C=O) groups is 2. The highest BCUT2D eigenvalue weighted by molar-refractivity contribution is 5.94. The first kappa shape index (κ1) is 12.0. The van der Waals surface area contributed by atoms with Crippen molar-refractivity contribution in [1.82, 2.24) is 4.90 Å². The fourth-order valence-electron chi connectivity index (χ4n) is 1.59. The summed E-state index contributed by atoms with van der Waals surface area (Å²) >= 11 is 0. The van der Waals surface area contributed by atoms with Crippen molar-refractivity contribution in [3.8, 4) is 0 Å². The standard InChI is InChI=1S/C11H19NO3/c1-5-8(2)6-9(13)12-10(14)15-7-11(12,3)4/h8H,5-7H2,1-4H3/t8-/m1/s1. The number of carbonyl (C=O) groups excluding carboxylic acids is 2. The molecular weight excluding hydrogens is 194 g/mol. The van der Waals surface area contributed by atoms with Gasteiger partial charge in [-0.3, -0.25) is 4.79 Å². The van der Waals surface area contributed by atoms with Gasteiger partial charge < -0.3 is 4.74 Å². The van der Waals surface area contributed by atoms with Gasteiger partial charge in [0.05, 0.1) is 5.54 Å². The van der Waals surface area contributed by atoms with Crippen molar-refractivity contribution in [3.05, 3.63) is 0 Å². The van der Waals surface area contributed by atoms with E-state index in [-0.39, 0.29) is 12.5 Å². The SMILES string of the molecule is CC[C@@H](C)CC(=O)N1C(=O)OCC1(C)C. The molecule has 15 heavy (non-hydrogen) atoms. The molecule has 1 aliphatic rings. The summed E-state index contributed by atoms with van der Waals surface area (Å²) < 4.78 is 4.88. The molecule has 1 heterocycles. The van der Waals surface area contributed by atoms with Crippen LogP contribution in [0.25, 0.3) is 0 Å². The van der Waals surface area contributed by atoms with Crippen LogP contribution in [0.15, 0.2) is 0 Å². The van der Waals surface area contributed by atoms with Gasteiger partial charge in [0.1, 0.15) is 6.61 Å². The quantitative estimate of drug-likeness (QED) is 0.721. The fraction of sp³-hybridized carbons (Fsp3) is 0.818. The summed E-state index contributed by atoms with van der Waals surface area (Å²) in [5, 5.41) is 0. The Morgan fingerprint density at radius 2 is 2.20 bits per heavy atom. The second kappa shape index (κ2) is 4.21. The lowest BCUT2D eigenvalue weighted by molar-refractivity contribution is -0.131. The van der Waals surface area contributed by atoms with Crippen LogP contribution in [0.3, 0.4) is 0 Å². The summed E-state index contributed by atoms with van der Waals surface area (Å²) in [4.78, 5) is 24.5. The fourth-order valence-corrected chi connectivity index (χ4v) is 1.59. The first-order valence-corrected chi connectivity index (χ1v) is 5.38. The highest BCUT2D eigenvalue weighted by Crippen LogP contribution is 2.25. The summed E-state index contributed by atoms with van der Waals surface area (Å²) in [5.74, 6) is 0.179. The Kier molecular flexibility index (Phi) is 3.37. The largest absolute Gasteiger partial charge is 0.447 e. The third kappa shape index (κ3) is 2.49. The number of amides is 2. The van der Waals surface area contributed by atoms with Crippen LogP contribution in [0.2, 0.25) is 0 Å². The van der Waals surface area contributed by atoms with Gasteiger partial charge in [-0.2, -0.15) is 0 Å². The van der Waals surface area contributed by atoms with Crippen molar-refractivity contribution in [1.29, 1.82) is 0 Å². The van der Waals surface area contributed by atoms with Crippen LogP contribution in [0.1, 0.15) is 40.5 Å². The third-order valence-electron chi connectivity index (χ3n) is 2.81. The Morgan fingerprint density at radius 3 is 2.60 bits per heavy atom. The van der Waals surface area contributed by atoms with Crippen LogP contribution in [0, 0.1) is 5.92 Å². The van der Waals surface area contributed by atoms with Gasteiger partial charge in [-0.25, -0.2) is 9.69 Å². The number of cyclic esters (lactones) is 1. The Hall–Kier alpha value is -1.06. The lowest BCUT2D eigenvalue weighted by Gasteiger charge is -2.26. The first-order chi connectivity index (χ1) is 6.88. The molecule has 1 rings (SSSR count). The van der Waals surface area contributed by atoms with E-state index in [2.05, 4.69) is 0 Å². The van der Waals surface area contributed by atoms with E-state index in [1.165, 1.54) is 4.90 Å². The van der Waals surface area contributed by atoms with Crippen molar-refractivity contribution in [3.63, 3.8) is 0 Å². The molecule has 1 saturated heterocycles. The molecule has 0 radical (unpaired) electrons. The molecule has 0 aromatic heterocycles. The number of rotatable bonds is 3. The average Bonchev–Trinajstić information content (AvgIpc) is 2.40. The molecule has 1 fully saturated rings. The van der Waals surface area contributed by atoms with E-state index in [1.807, 2.05) is 27.7 Å². The molecule has 1 atom stereocenters. The summed E-state index contributed by atoms with van der Waals surface area (Å²) in [6.07, 6.45) is 0.845. The molecule has 1 aliphatic heterocycles. The molecule has 4 heteroatoms. The molecule has 2 amide bonds. The second-order valence-corrected chi connectivity index (χ2v) is 4.81. The lowest BCUT2D eigenvalue weighted by Crippen LogP contribution is -2.46. The van der Waals surface area contributed by atoms with Gasteiger partial charge in [-0.1, -0.05) is 20.3 Å². The molecule has 0 bridgehead atoms. The van der Waals surface area contributed by atoms with Crippen LogP contribution in [0.4, 0.5) is 4.79 Å². The van der Waals surface area contributed by atoms with Gasteiger partial charge in [-0.15, -0.1) is 0 Å².